The van der Waals surface area contributed by atoms with Gasteiger partial charge in [0.1, 0.15) is 18.5 Å². The maximum Gasteiger partial charge on any atom is 0.134 e. The average molecular weight is 513 g/mol. The molecule has 4 saturated carbocycles. The van der Waals surface area contributed by atoms with Crippen molar-refractivity contribution in [2.45, 2.75) is 154 Å². The van der Waals surface area contributed by atoms with E-state index in [1.165, 1.54) is 32.1 Å². The first kappa shape index (κ1) is 28.8. The third-order valence-corrected chi connectivity index (χ3v) is 11.0. The van der Waals surface area contributed by atoms with Gasteiger partial charge in [0.25, 0.3) is 0 Å². The normalized spacial score (nSPS) is 44.4. The number of ether oxygens (including phenoxy) is 1. The van der Waals surface area contributed by atoms with Gasteiger partial charge in [-0.05, 0) is 118 Å². The van der Waals surface area contributed by atoms with Crippen molar-refractivity contribution < 1.29 is 17.9 Å². The molecule has 0 radical (unpaired) electrons. The van der Waals surface area contributed by atoms with E-state index in [1.807, 2.05) is 0 Å². The Morgan fingerprint density at radius 3 is 2.03 bits per heavy atom. The second kappa shape index (κ2) is 14.2. The van der Waals surface area contributed by atoms with Crippen LogP contribution in [0.1, 0.15) is 129 Å². The van der Waals surface area contributed by atoms with E-state index >= 15 is 8.78 Å². The Kier molecular flexibility index (Phi) is 11.4. The summed E-state index contributed by atoms with van der Waals surface area (Å²) < 4.78 is 51.0. The highest BCUT2D eigenvalue weighted by molar-refractivity contribution is 4.93. The lowest BCUT2D eigenvalue weighted by molar-refractivity contribution is -0.0343. The van der Waals surface area contributed by atoms with Gasteiger partial charge >= 0.3 is 0 Å². The van der Waals surface area contributed by atoms with Crippen LogP contribution in [0.25, 0.3) is 0 Å². The summed E-state index contributed by atoms with van der Waals surface area (Å²) in [5, 5.41) is 0. The molecule has 0 spiro atoms. The molecule has 0 amide bonds. The number of unbranched alkanes of at least 4 members (excludes halogenated alkanes) is 1. The molecule has 7 atom stereocenters. The lowest BCUT2D eigenvalue weighted by atomic mass is 9.67. The predicted molar refractivity (Wildman–Crippen MR) is 143 cm³/mol. The maximum atomic E-state index is 15.2. The smallest absolute Gasteiger partial charge is 0.134 e. The van der Waals surface area contributed by atoms with E-state index in [9.17, 15) is 4.39 Å². The number of alkyl halides is 3. The second-order valence-electron chi connectivity index (χ2n) is 13.5. The minimum absolute atomic E-state index is 0.0785. The van der Waals surface area contributed by atoms with Gasteiger partial charge < -0.3 is 4.74 Å². The average Bonchev–Trinajstić information content (AvgIpc) is 2.88. The number of rotatable bonds is 10. The maximum absolute atomic E-state index is 15.2. The van der Waals surface area contributed by atoms with Crippen LogP contribution in [-0.2, 0) is 4.74 Å². The number of hydrogen-bond donors (Lipinski definition) is 0. The molecule has 7 unspecified atom stereocenters. The number of halogens is 3. The fourth-order valence-electron chi connectivity index (χ4n) is 8.54. The molecule has 1 nitrogen and oxygen atoms in total. The van der Waals surface area contributed by atoms with Crippen molar-refractivity contribution in [1.82, 2.24) is 0 Å². The van der Waals surface area contributed by atoms with Crippen molar-refractivity contribution in [3.05, 3.63) is 0 Å². The third kappa shape index (κ3) is 7.66. The van der Waals surface area contributed by atoms with E-state index < -0.39 is 18.5 Å². The van der Waals surface area contributed by atoms with Crippen LogP contribution in [-0.4, -0.2) is 31.2 Å². The van der Waals surface area contributed by atoms with Crippen molar-refractivity contribution in [2.24, 2.45) is 41.4 Å². The van der Waals surface area contributed by atoms with Gasteiger partial charge in [-0.2, -0.15) is 0 Å². The summed E-state index contributed by atoms with van der Waals surface area (Å²) in [4.78, 5) is 0. The Bertz CT molecular complexity index is 613. The quantitative estimate of drug-likeness (QED) is 0.265. The zero-order chi connectivity index (χ0) is 25.5. The van der Waals surface area contributed by atoms with Gasteiger partial charge in [0, 0.05) is 6.61 Å². The molecule has 0 N–H and O–H groups in total. The standard InChI is InChI=1S/C32H55F3O/c1-3-4-20-36-27-16-13-25(14-17-27)29-19-15-26(31(34)32(29)35)7-5-6-23-9-11-24(12-10-23)28-18-8-22(2)21-30(28)33/h22-32H,3-21H2,1-2H3. The van der Waals surface area contributed by atoms with Crippen molar-refractivity contribution >= 4 is 0 Å². The summed E-state index contributed by atoms with van der Waals surface area (Å²) in [7, 11) is 0. The Morgan fingerprint density at radius 2 is 1.33 bits per heavy atom. The van der Waals surface area contributed by atoms with Crippen LogP contribution in [0.15, 0.2) is 0 Å². The fourth-order valence-corrected chi connectivity index (χ4v) is 8.54. The number of hydrogen-bond acceptors (Lipinski definition) is 1. The van der Waals surface area contributed by atoms with Gasteiger partial charge in [-0.25, -0.2) is 13.2 Å². The first-order chi connectivity index (χ1) is 17.5. The van der Waals surface area contributed by atoms with Gasteiger partial charge in [0.05, 0.1) is 6.10 Å². The fraction of sp³-hybridized carbons (Fsp3) is 1.00. The molecule has 0 aromatic rings. The summed E-state index contributed by atoms with van der Waals surface area (Å²) in [5.74, 6) is 2.33. The molecule has 0 aromatic carbocycles. The molecule has 0 aliphatic heterocycles. The topological polar surface area (TPSA) is 9.23 Å². The van der Waals surface area contributed by atoms with E-state index in [0.29, 0.717) is 35.7 Å². The van der Waals surface area contributed by atoms with Crippen molar-refractivity contribution in [2.75, 3.05) is 6.61 Å². The van der Waals surface area contributed by atoms with E-state index in [0.717, 1.165) is 90.1 Å². The molecular weight excluding hydrogens is 457 g/mol. The predicted octanol–water partition coefficient (Wildman–Crippen LogP) is 9.82. The second-order valence-corrected chi connectivity index (χ2v) is 13.5. The summed E-state index contributed by atoms with van der Waals surface area (Å²) in [6.07, 6.45) is 16.1. The van der Waals surface area contributed by atoms with Crippen LogP contribution in [0, 0.1) is 41.4 Å². The summed E-state index contributed by atoms with van der Waals surface area (Å²) >= 11 is 0. The molecule has 0 bridgehead atoms. The lowest BCUT2D eigenvalue weighted by Crippen LogP contribution is -2.42. The molecule has 210 valence electrons. The summed E-state index contributed by atoms with van der Waals surface area (Å²) in [6.45, 7) is 5.21. The first-order valence-corrected chi connectivity index (χ1v) is 16.0. The Morgan fingerprint density at radius 1 is 0.667 bits per heavy atom. The van der Waals surface area contributed by atoms with Crippen LogP contribution >= 0.6 is 0 Å². The van der Waals surface area contributed by atoms with Crippen molar-refractivity contribution in [3.63, 3.8) is 0 Å². The minimum atomic E-state index is -1.27. The summed E-state index contributed by atoms with van der Waals surface area (Å²) in [5.41, 5.74) is 0. The molecule has 4 rings (SSSR count). The molecule has 4 aliphatic carbocycles. The van der Waals surface area contributed by atoms with E-state index in [2.05, 4.69) is 13.8 Å². The SMILES string of the molecule is CCCCOC1CCC(C2CCC(CCCC3CCC(C4CCC(C)CC4F)CC3)C(F)C2F)CC1. The van der Waals surface area contributed by atoms with Crippen molar-refractivity contribution in [3.8, 4) is 0 Å². The highest BCUT2D eigenvalue weighted by atomic mass is 19.2. The molecule has 0 saturated heterocycles. The molecule has 0 heterocycles. The van der Waals surface area contributed by atoms with Crippen LogP contribution in [0.5, 0.6) is 0 Å². The van der Waals surface area contributed by atoms with E-state index in [-0.39, 0.29) is 11.8 Å². The van der Waals surface area contributed by atoms with Gasteiger partial charge in [0.15, 0.2) is 0 Å². The van der Waals surface area contributed by atoms with Crippen LogP contribution in [0.4, 0.5) is 13.2 Å². The molecule has 4 fully saturated rings. The van der Waals surface area contributed by atoms with Gasteiger partial charge in [-0.3, -0.25) is 0 Å². The van der Waals surface area contributed by atoms with Gasteiger partial charge in [-0.15, -0.1) is 0 Å². The zero-order valence-corrected chi connectivity index (χ0v) is 23.3. The molecule has 0 aromatic heterocycles. The van der Waals surface area contributed by atoms with Gasteiger partial charge in [0.2, 0.25) is 0 Å². The Hall–Kier alpha value is -0.250. The molecule has 4 aliphatic rings. The van der Waals surface area contributed by atoms with E-state index in [1.54, 1.807) is 0 Å². The Labute approximate surface area is 220 Å². The van der Waals surface area contributed by atoms with Crippen LogP contribution < -0.4 is 0 Å². The van der Waals surface area contributed by atoms with Crippen LogP contribution in [0.3, 0.4) is 0 Å². The Balaban J connectivity index is 1.11. The van der Waals surface area contributed by atoms with Crippen LogP contribution in [0.2, 0.25) is 0 Å². The molecule has 36 heavy (non-hydrogen) atoms. The summed E-state index contributed by atoms with van der Waals surface area (Å²) in [6, 6.07) is 0. The first-order valence-electron chi connectivity index (χ1n) is 16.0. The van der Waals surface area contributed by atoms with E-state index in [4.69, 9.17) is 4.74 Å². The zero-order valence-electron chi connectivity index (χ0n) is 23.3. The molecular formula is C32H55F3O. The van der Waals surface area contributed by atoms with Crippen molar-refractivity contribution in [1.29, 1.82) is 0 Å². The highest BCUT2D eigenvalue weighted by Crippen LogP contribution is 2.46. The monoisotopic (exact) mass is 512 g/mol. The largest absolute Gasteiger partial charge is 0.378 e. The minimum Gasteiger partial charge on any atom is -0.378 e. The molecule has 4 heteroatoms. The third-order valence-electron chi connectivity index (χ3n) is 11.0. The van der Waals surface area contributed by atoms with Gasteiger partial charge in [-0.1, -0.05) is 52.4 Å². The highest BCUT2D eigenvalue weighted by Gasteiger charge is 2.44. The lowest BCUT2D eigenvalue weighted by Gasteiger charge is -2.41.